The minimum absolute atomic E-state index is 0.0368. The molecule has 0 amide bonds. The fourth-order valence-electron chi connectivity index (χ4n) is 2.22. The molecule has 0 aliphatic heterocycles. The predicted octanol–water partition coefficient (Wildman–Crippen LogP) is 4.19. The monoisotopic (exact) mass is 626 g/mol. The van der Waals surface area contributed by atoms with Gasteiger partial charge in [-0.25, -0.2) is 13.7 Å². The highest BCUT2D eigenvalue weighted by Crippen LogP contribution is 2.56. The Balaban J connectivity index is 0.000000406. The highest BCUT2D eigenvalue weighted by atomic mass is 31.3. The second kappa shape index (κ2) is 18.0. The van der Waals surface area contributed by atoms with Gasteiger partial charge < -0.3 is 38.9 Å². The van der Waals surface area contributed by atoms with Crippen molar-refractivity contribution in [3.63, 3.8) is 0 Å². The molecular weight excluding hydrogens is 600 g/mol. The van der Waals surface area contributed by atoms with Gasteiger partial charge in [-0.3, -0.25) is 0 Å². The van der Waals surface area contributed by atoms with Crippen molar-refractivity contribution >= 4 is 32.2 Å². The fraction of sp³-hybridized carbons (Fsp3) is 0.100. The normalized spacial score (nSPS) is 12.5. The third kappa shape index (κ3) is 17.0. The Labute approximate surface area is 225 Å². The van der Waals surface area contributed by atoms with Crippen molar-refractivity contribution in [1.82, 2.24) is 5.48 Å². The molecule has 0 spiro atoms. The van der Waals surface area contributed by atoms with Crippen molar-refractivity contribution < 1.29 is 60.3 Å². The molecule has 3 aromatic rings. The molecule has 0 bridgehead atoms. The zero-order valence-corrected chi connectivity index (χ0v) is 23.5. The van der Waals surface area contributed by atoms with E-state index in [1.165, 1.54) is 0 Å². The topological polar surface area (TPSA) is 233 Å². The van der Waals surface area contributed by atoms with Crippen LogP contribution in [-0.2, 0) is 27.2 Å². The maximum Gasteiger partial charge on any atom is 0.647 e. The third-order valence-electron chi connectivity index (χ3n) is 3.52. The average Bonchev–Trinajstić information content (AvgIpc) is 2.85. The molecule has 0 aliphatic rings. The molecule has 19 heteroatoms. The summed E-state index contributed by atoms with van der Waals surface area (Å²) in [6.45, 7) is 0.158. The van der Waals surface area contributed by atoms with Gasteiger partial charge >= 0.3 is 32.2 Å². The molecule has 15 nitrogen and oxygen atoms in total. The van der Waals surface area contributed by atoms with Gasteiger partial charge in [-0.05, 0) is 36.4 Å². The van der Waals surface area contributed by atoms with Gasteiger partial charge in [-0.15, -0.1) is 0 Å². The Morgan fingerprint density at radius 1 is 0.718 bits per heavy atom. The third-order valence-corrected chi connectivity index (χ3v) is 6.86. The molecule has 3 rings (SSSR count). The Morgan fingerprint density at radius 2 is 1.05 bits per heavy atom. The van der Waals surface area contributed by atoms with Crippen LogP contribution >= 0.6 is 32.2 Å². The Hall–Kier alpha value is -2.47. The summed E-state index contributed by atoms with van der Waals surface area (Å²) in [5, 5.41) is 0. The van der Waals surface area contributed by atoms with Crippen LogP contribution in [0.3, 0.4) is 0 Å². The first-order valence-corrected chi connectivity index (χ1v) is 15.7. The first-order chi connectivity index (χ1) is 18.4. The second-order valence-electron chi connectivity index (χ2n) is 6.56. The van der Waals surface area contributed by atoms with Crippen molar-refractivity contribution in [2.75, 3.05) is 13.1 Å². The van der Waals surface area contributed by atoms with E-state index in [4.69, 9.17) is 43.4 Å². The summed E-state index contributed by atoms with van der Waals surface area (Å²) in [4.78, 5) is 31.8. The molecule has 0 saturated carbocycles. The minimum Gasteiger partial charge on any atom is -0.386 e. The first-order valence-electron chi connectivity index (χ1n) is 10.4. The van der Waals surface area contributed by atoms with Gasteiger partial charge in [0.2, 0.25) is 0 Å². The lowest BCUT2D eigenvalue weighted by atomic mass is 10.3. The van der Waals surface area contributed by atoms with E-state index in [9.17, 15) is 13.7 Å². The number of hydrogen-bond acceptors (Lipinski definition) is 11. The van der Waals surface area contributed by atoms with Crippen LogP contribution in [0.5, 0.6) is 17.2 Å². The van der Waals surface area contributed by atoms with Gasteiger partial charge in [0.25, 0.3) is 0 Å². The maximum absolute atomic E-state index is 13.1. The largest absolute Gasteiger partial charge is 0.647 e. The van der Waals surface area contributed by atoms with Crippen LogP contribution in [0.2, 0.25) is 0 Å². The highest BCUT2D eigenvalue weighted by Gasteiger charge is 2.33. The molecule has 3 aromatic carbocycles. The Kier molecular flexibility index (Phi) is 15.9. The van der Waals surface area contributed by atoms with E-state index in [0.29, 0.717) is 17.2 Å². The van der Waals surface area contributed by atoms with Gasteiger partial charge in [-0.2, -0.15) is 19.0 Å². The molecule has 0 aliphatic carbocycles. The van der Waals surface area contributed by atoms with Crippen LogP contribution in [0.25, 0.3) is 0 Å². The standard InChI is InChI=1S/C18H15O4P.C2H10N2O7P2.HO2P/c19-23(20-16-10-4-1-5-11-16,21-17-12-6-2-7-13-17)22-18-14-8-3-9-15-18;3-1-2-4-10-13(8,9)11-12(5,6)7;1-3-2/h1-15H;4H,1-3H2,(H,8,9)(H2,5,6,7);(H,1,2). The summed E-state index contributed by atoms with van der Waals surface area (Å²) < 4.78 is 66.1. The second-order valence-corrected chi connectivity index (χ2v) is 10.9. The summed E-state index contributed by atoms with van der Waals surface area (Å²) in [7, 11) is -14.5. The van der Waals surface area contributed by atoms with Crippen molar-refractivity contribution in [1.29, 1.82) is 0 Å². The van der Waals surface area contributed by atoms with Gasteiger partial charge in [0, 0.05) is 13.1 Å². The van der Waals surface area contributed by atoms with Crippen molar-refractivity contribution in [2.24, 2.45) is 5.73 Å². The number of nitrogens with one attached hydrogen (secondary N) is 1. The van der Waals surface area contributed by atoms with Crippen molar-refractivity contribution in [2.45, 2.75) is 0 Å². The average molecular weight is 626 g/mol. The number of hydrogen-bond donors (Lipinski definition) is 6. The number of nitrogens with two attached hydrogens (primary N) is 1. The molecule has 39 heavy (non-hydrogen) atoms. The molecule has 0 fully saturated rings. The summed E-state index contributed by atoms with van der Waals surface area (Å²) in [5.74, 6) is 1.22. The molecule has 0 radical (unpaired) electrons. The lowest BCUT2D eigenvalue weighted by molar-refractivity contribution is 0.121. The van der Waals surface area contributed by atoms with E-state index in [1.807, 2.05) is 23.7 Å². The summed E-state index contributed by atoms with van der Waals surface area (Å²) in [6.07, 6.45) is 0. The number of phosphoric ester groups is 1. The van der Waals surface area contributed by atoms with Crippen molar-refractivity contribution in [3.05, 3.63) is 91.0 Å². The molecule has 0 heterocycles. The first kappa shape index (κ1) is 34.6. The molecule has 0 aromatic heterocycles. The van der Waals surface area contributed by atoms with E-state index in [1.54, 1.807) is 72.8 Å². The zero-order chi connectivity index (χ0) is 29.2. The molecule has 7 N–H and O–H groups in total. The quantitative estimate of drug-likeness (QED) is 0.0939. The van der Waals surface area contributed by atoms with Gasteiger partial charge in [0.05, 0.1) is 0 Å². The fourth-order valence-corrected chi connectivity index (χ4v) is 4.94. The predicted molar refractivity (Wildman–Crippen MR) is 140 cm³/mol. The molecular formula is C20H26N2O13P4. The number of benzene rings is 3. The minimum atomic E-state index is -5.05. The van der Waals surface area contributed by atoms with E-state index < -0.39 is 32.2 Å². The molecule has 1 unspecified atom stereocenters. The number of para-hydroxylation sites is 3. The smallest absolute Gasteiger partial charge is 0.386 e. The van der Waals surface area contributed by atoms with Gasteiger partial charge in [0.1, 0.15) is 17.2 Å². The lowest BCUT2D eigenvalue weighted by Crippen LogP contribution is -2.21. The number of hydroxylamine groups is 1. The van der Waals surface area contributed by atoms with Crippen LogP contribution in [0.15, 0.2) is 91.0 Å². The Morgan fingerprint density at radius 3 is 1.33 bits per heavy atom. The maximum atomic E-state index is 13.1. The van der Waals surface area contributed by atoms with Crippen LogP contribution in [0, 0.1) is 0 Å². The van der Waals surface area contributed by atoms with Gasteiger partial charge in [-0.1, -0.05) is 54.6 Å². The number of rotatable bonds is 12. The van der Waals surface area contributed by atoms with Crippen LogP contribution in [0.4, 0.5) is 0 Å². The number of phosphoric acid groups is 3. The summed E-state index contributed by atoms with van der Waals surface area (Å²) in [5.41, 5.74) is 6.87. The van der Waals surface area contributed by atoms with E-state index in [2.05, 4.69) is 8.94 Å². The SMILES string of the molecule is NCCNOP(=O)(O)OP(=O)(O)O.O=P(Oc1ccccc1)(Oc1ccccc1)Oc1ccccc1.O=PO. The molecule has 1 atom stereocenters. The van der Waals surface area contributed by atoms with Crippen LogP contribution in [-0.4, -0.2) is 32.7 Å². The van der Waals surface area contributed by atoms with E-state index >= 15 is 0 Å². The summed E-state index contributed by atoms with van der Waals surface area (Å²) in [6, 6.07) is 26.4. The van der Waals surface area contributed by atoms with Crippen LogP contribution in [0.1, 0.15) is 0 Å². The lowest BCUT2D eigenvalue weighted by Gasteiger charge is -2.19. The van der Waals surface area contributed by atoms with Crippen LogP contribution < -0.4 is 24.8 Å². The Bertz CT molecular complexity index is 1130. The highest BCUT2D eigenvalue weighted by molar-refractivity contribution is 7.60. The van der Waals surface area contributed by atoms with E-state index in [-0.39, 0.29) is 13.1 Å². The summed E-state index contributed by atoms with van der Waals surface area (Å²) >= 11 is 0. The molecule has 0 saturated heterocycles. The van der Waals surface area contributed by atoms with Gasteiger partial charge in [0.15, 0.2) is 0 Å². The zero-order valence-electron chi connectivity index (χ0n) is 19.9. The van der Waals surface area contributed by atoms with Crippen molar-refractivity contribution in [3.8, 4) is 17.2 Å². The molecule has 214 valence electrons. The van der Waals surface area contributed by atoms with E-state index in [0.717, 1.165) is 0 Å².